The summed E-state index contributed by atoms with van der Waals surface area (Å²) in [5, 5.41) is 12.6. The van der Waals surface area contributed by atoms with Crippen molar-refractivity contribution in [1.82, 2.24) is 15.4 Å². The zero-order valence-electron chi connectivity index (χ0n) is 13.6. The number of imide groups is 2. The van der Waals surface area contributed by atoms with Crippen molar-refractivity contribution in [3.8, 4) is 0 Å². The second-order valence-corrected chi connectivity index (χ2v) is 7.86. The molecule has 2 fully saturated rings. The smallest absolute Gasteiger partial charge is 0.334 e. The molecule has 0 unspecified atom stereocenters. The summed E-state index contributed by atoms with van der Waals surface area (Å²) in [6.07, 6.45) is 0.130. The van der Waals surface area contributed by atoms with E-state index in [0.29, 0.717) is 21.6 Å². The number of hydroxylamine groups is 6. The summed E-state index contributed by atoms with van der Waals surface area (Å²) >= 11 is 0. The standard InChI is InChI=1S/C13H16N3O8S2/c17-9-1-2-10(18)15(9)23-13(21)5-7-25-26-8-6-14(22)24-16-11(19)3-4-12(16)20/h1-8H2/q-1. The number of nitrogens with zero attached hydrogens (tertiary/aromatic N) is 3. The van der Waals surface area contributed by atoms with E-state index in [9.17, 15) is 29.2 Å². The Bertz CT molecular complexity index is 570. The second kappa shape index (κ2) is 9.87. The molecule has 0 aromatic rings. The van der Waals surface area contributed by atoms with Crippen LogP contribution < -0.4 is 0 Å². The van der Waals surface area contributed by atoms with Gasteiger partial charge in [-0.1, -0.05) is 21.6 Å². The fraction of sp³-hybridized carbons (Fsp3) is 0.615. The van der Waals surface area contributed by atoms with Gasteiger partial charge in [-0.05, 0) is 0 Å². The highest BCUT2D eigenvalue weighted by Gasteiger charge is 2.33. The number of carbonyl (C=O) groups excluding carboxylic acids is 5. The van der Waals surface area contributed by atoms with Gasteiger partial charge in [0.1, 0.15) is 0 Å². The van der Waals surface area contributed by atoms with E-state index in [1.54, 1.807) is 0 Å². The van der Waals surface area contributed by atoms with Gasteiger partial charge in [-0.15, -0.1) is 10.1 Å². The van der Waals surface area contributed by atoms with Gasteiger partial charge in [0.2, 0.25) is 0 Å². The van der Waals surface area contributed by atoms with Crippen molar-refractivity contribution in [3.63, 3.8) is 0 Å². The highest BCUT2D eigenvalue weighted by molar-refractivity contribution is 8.76. The van der Waals surface area contributed by atoms with Crippen molar-refractivity contribution in [2.45, 2.75) is 32.1 Å². The highest BCUT2D eigenvalue weighted by atomic mass is 33.1. The summed E-state index contributed by atoms with van der Waals surface area (Å²) in [5.41, 5.74) is 0. The number of carbonyl (C=O) groups is 5. The van der Waals surface area contributed by atoms with Crippen molar-refractivity contribution in [3.05, 3.63) is 5.21 Å². The summed E-state index contributed by atoms with van der Waals surface area (Å²) in [6.45, 7) is -0.0873. The fourth-order valence-electron chi connectivity index (χ4n) is 1.94. The van der Waals surface area contributed by atoms with E-state index in [2.05, 4.69) is 4.94 Å². The average molecular weight is 406 g/mol. The van der Waals surface area contributed by atoms with Crippen LogP contribution in [0.1, 0.15) is 32.1 Å². The Kier molecular flexibility index (Phi) is 7.84. The van der Waals surface area contributed by atoms with E-state index in [1.807, 2.05) is 0 Å². The first-order valence-electron chi connectivity index (χ1n) is 7.68. The molecule has 0 N–H and O–H groups in total. The van der Waals surface area contributed by atoms with E-state index in [0.717, 1.165) is 0 Å². The molecule has 0 bridgehead atoms. The SMILES string of the molecule is O=C(CCSSCCN([O-])ON1C(=O)CCC1=O)ON1C(=O)CCC1=O. The third kappa shape index (κ3) is 5.95. The Morgan fingerprint density at radius 1 is 0.923 bits per heavy atom. The fourth-order valence-corrected chi connectivity index (χ4v) is 3.83. The van der Waals surface area contributed by atoms with Gasteiger partial charge in [-0.2, -0.15) is 4.94 Å². The molecule has 0 aliphatic carbocycles. The van der Waals surface area contributed by atoms with Gasteiger partial charge in [0, 0.05) is 43.7 Å². The molecule has 11 nitrogen and oxygen atoms in total. The molecule has 2 aliphatic heterocycles. The number of hydrogen-bond donors (Lipinski definition) is 0. The van der Waals surface area contributed by atoms with E-state index in [4.69, 9.17) is 4.84 Å². The summed E-state index contributed by atoms with van der Waals surface area (Å²) in [7, 11) is 2.56. The molecule has 0 saturated carbocycles. The maximum Gasteiger partial charge on any atom is 0.334 e. The summed E-state index contributed by atoms with van der Waals surface area (Å²) in [6, 6.07) is 0. The average Bonchev–Trinajstić information content (AvgIpc) is 3.08. The molecule has 0 atom stereocenters. The molecule has 0 radical (unpaired) electrons. The molecule has 2 saturated heterocycles. The molecule has 0 aromatic heterocycles. The van der Waals surface area contributed by atoms with Crippen molar-refractivity contribution in [1.29, 1.82) is 0 Å². The molecule has 2 aliphatic rings. The molecule has 13 heteroatoms. The molecular weight excluding hydrogens is 390 g/mol. The Balaban J connectivity index is 1.51. The van der Waals surface area contributed by atoms with Gasteiger partial charge in [0.25, 0.3) is 23.6 Å². The van der Waals surface area contributed by atoms with Crippen LogP contribution in [0.5, 0.6) is 0 Å². The lowest BCUT2D eigenvalue weighted by atomic mass is 10.4. The van der Waals surface area contributed by atoms with Gasteiger partial charge in [-0.3, -0.25) is 19.2 Å². The first-order valence-corrected chi connectivity index (χ1v) is 10.2. The summed E-state index contributed by atoms with van der Waals surface area (Å²) in [5.74, 6) is -2.18. The first-order chi connectivity index (χ1) is 12.4. The van der Waals surface area contributed by atoms with Crippen molar-refractivity contribution < 1.29 is 33.7 Å². The monoisotopic (exact) mass is 406 g/mol. The lowest BCUT2D eigenvalue weighted by Crippen LogP contribution is -2.36. The Morgan fingerprint density at radius 2 is 1.42 bits per heavy atom. The Morgan fingerprint density at radius 3 is 2.00 bits per heavy atom. The van der Waals surface area contributed by atoms with Crippen LogP contribution in [-0.2, 0) is 33.7 Å². The third-order valence-corrected chi connectivity index (χ3v) is 5.59. The largest absolute Gasteiger partial charge is 0.760 e. The zero-order chi connectivity index (χ0) is 19.1. The number of rotatable bonds is 10. The van der Waals surface area contributed by atoms with Crippen LogP contribution in [0.4, 0.5) is 0 Å². The quantitative estimate of drug-likeness (QED) is 0.212. The zero-order valence-corrected chi connectivity index (χ0v) is 15.2. The van der Waals surface area contributed by atoms with Crippen molar-refractivity contribution in [2.75, 3.05) is 18.1 Å². The molecule has 2 rings (SSSR count). The van der Waals surface area contributed by atoms with E-state index in [-0.39, 0.29) is 43.9 Å². The normalized spacial score (nSPS) is 17.8. The van der Waals surface area contributed by atoms with Gasteiger partial charge in [-0.25, -0.2) is 10.0 Å². The maximum absolute atomic E-state index is 11.5. The van der Waals surface area contributed by atoms with Crippen LogP contribution in [-0.4, -0.2) is 63.0 Å². The highest BCUT2D eigenvalue weighted by Crippen LogP contribution is 2.23. The lowest BCUT2D eigenvalue weighted by molar-refractivity contribution is -0.272. The summed E-state index contributed by atoms with van der Waals surface area (Å²) in [4.78, 5) is 66.0. The second-order valence-electron chi connectivity index (χ2n) is 5.16. The van der Waals surface area contributed by atoms with Crippen molar-refractivity contribution >= 4 is 51.2 Å². The minimum Gasteiger partial charge on any atom is -0.760 e. The van der Waals surface area contributed by atoms with Crippen LogP contribution in [0.25, 0.3) is 0 Å². The van der Waals surface area contributed by atoms with E-state index >= 15 is 0 Å². The minimum atomic E-state index is -0.693. The number of amides is 4. The minimum absolute atomic E-state index is 0.0108. The van der Waals surface area contributed by atoms with Gasteiger partial charge < -0.3 is 10.0 Å². The molecule has 144 valence electrons. The lowest BCUT2D eigenvalue weighted by Gasteiger charge is -2.28. The Labute approximate surface area is 156 Å². The Hall–Kier alpha value is -1.67. The van der Waals surface area contributed by atoms with Crippen LogP contribution in [0.15, 0.2) is 0 Å². The van der Waals surface area contributed by atoms with Crippen LogP contribution >= 0.6 is 21.6 Å². The third-order valence-electron chi connectivity index (χ3n) is 3.21. The molecule has 26 heavy (non-hydrogen) atoms. The predicted molar refractivity (Wildman–Crippen MR) is 89.0 cm³/mol. The predicted octanol–water partition coefficient (Wildman–Crippen LogP) is 0.160. The van der Waals surface area contributed by atoms with Crippen molar-refractivity contribution in [2.24, 2.45) is 0 Å². The topological polar surface area (TPSA) is 137 Å². The van der Waals surface area contributed by atoms with Gasteiger partial charge in [0.15, 0.2) is 0 Å². The molecule has 0 spiro atoms. The van der Waals surface area contributed by atoms with E-state index in [1.165, 1.54) is 21.6 Å². The molecule has 2 heterocycles. The number of hydrogen-bond acceptors (Lipinski definition) is 11. The first kappa shape index (κ1) is 20.6. The molecule has 4 amide bonds. The van der Waals surface area contributed by atoms with E-state index < -0.39 is 29.6 Å². The van der Waals surface area contributed by atoms with Crippen LogP contribution in [0.3, 0.4) is 0 Å². The molecular formula is C13H16N3O8S2-. The van der Waals surface area contributed by atoms with Crippen LogP contribution in [0, 0.1) is 5.21 Å². The summed E-state index contributed by atoms with van der Waals surface area (Å²) < 4.78 is 0. The van der Waals surface area contributed by atoms with Crippen LogP contribution in [0.2, 0.25) is 0 Å². The van der Waals surface area contributed by atoms with Gasteiger partial charge in [0.05, 0.1) is 6.42 Å². The van der Waals surface area contributed by atoms with Gasteiger partial charge >= 0.3 is 5.97 Å². The maximum atomic E-state index is 11.5. The molecule has 0 aromatic carbocycles.